The van der Waals surface area contributed by atoms with Gasteiger partial charge in [-0.25, -0.2) is 8.42 Å². The predicted octanol–water partition coefficient (Wildman–Crippen LogP) is 1.24. The summed E-state index contributed by atoms with van der Waals surface area (Å²) >= 11 is 0. The van der Waals surface area contributed by atoms with Gasteiger partial charge in [-0.2, -0.15) is 0 Å². The third-order valence-electron chi connectivity index (χ3n) is 1.58. The van der Waals surface area contributed by atoms with E-state index in [2.05, 4.69) is 0 Å². The average Bonchev–Trinajstić information content (AvgIpc) is 1.98. The predicted molar refractivity (Wildman–Crippen MR) is 50.0 cm³/mol. The highest BCUT2D eigenvalue weighted by Crippen LogP contribution is 2.00. The van der Waals surface area contributed by atoms with E-state index in [0.29, 0.717) is 13.2 Å². The Hall–Kier alpha value is -0.0900. The van der Waals surface area contributed by atoms with Gasteiger partial charge in [0.1, 0.15) is 0 Å². The van der Waals surface area contributed by atoms with Gasteiger partial charge in [0, 0.05) is 6.61 Å². The maximum Gasteiger partial charge on any atom is 0.154 e. The Bertz CT molecular complexity index is 194. The molecule has 0 fully saturated rings. The van der Waals surface area contributed by atoms with Crippen LogP contribution in [0.4, 0.5) is 0 Å². The van der Waals surface area contributed by atoms with Gasteiger partial charge < -0.3 is 4.74 Å². The largest absolute Gasteiger partial charge is 0.380 e. The molecule has 0 N–H and O–H groups in total. The fourth-order valence-electron chi connectivity index (χ4n) is 0.657. The summed E-state index contributed by atoms with van der Waals surface area (Å²) in [6.45, 7) is 6.35. The van der Waals surface area contributed by atoms with Gasteiger partial charge in [0.05, 0.1) is 17.6 Å². The van der Waals surface area contributed by atoms with Gasteiger partial charge in [0.2, 0.25) is 0 Å². The third kappa shape index (κ3) is 4.72. The highest BCUT2D eigenvalue weighted by molar-refractivity contribution is 7.91. The molecule has 0 saturated carbocycles. The number of ether oxygens (including phenoxy) is 1. The van der Waals surface area contributed by atoms with E-state index >= 15 is 0 Å². The van der Waals surface area contributed by atoms with Gasteiger partial charge in [0.15, 0.2) is 9.84 Å². The Morgan fingerprint density at radius 1 is 1.25 bits per heavy atom. The maximum atomic E-state index is 11.2. The first kappa shape index (κ1) is 11.9. The minimum Gasteiger partial charge on any atom is -0.380 e. The molecule has 4 heteroatoms. The quantitative estimate of drug-likeness (QED) is 0.597. The van der Waals surface area contributed by atoms with E-state index in [1.807, 2.05) is 6.92 Å². The van der Waals surface area contributed by atoms with E-state index in [1.165, 1.54) is 0 Å². The molecule has 0 aliphatic carbocycles. The van der Waals surface area contributed by atoms with Crippen molar-refractivity contribution >= 4 is 9.84 Å². The lowest BCUT2D eigenvalue weighted by Gasteiger charge is -2.07. The zero-order chi connectivity index (χ0) is 9.61. The van der Waals surface area contributed by atoms with Crippen LogP contribution >= 0.6 is 0 Å². The van der Waals surface area contributed by atoms with Crippen molar-refractivity contribution in [2.45, 2.75) is 32.4 Å². The molecule has 0 aliphatic rings. The van der Waals surface area contributed by atoms with Crippen LogP contribution in [0.3, 0.4) is 0 Å². The van der Waals surface area contributed by atoms with Gasteiger partial charge in [0.25, 0.3) is 0 Å². The third-order valence-corrected chi connectivity index (χ3v) is 3.75. The van der Waals surface area contributed by atoms with Crippen LogP contribution in [0.1, 0.15) is 27.2 Å². The van der Waals surface area contributed by atoms with Crippen molar-refractivity contribution < 1.29 is 13.2 Å². The average molecular weight is 194 g/mol. The summed E-state index contributed by atoms with van der Waals surface area (Å²) in [6.07, 6.45) is 0.932. The molecule has 0 aromatic carbocycles. The molecule has 74 valence electrons. The monoisotopic (exact) mass is 194 g/mol. The summed E-state index contributed by atoms with van der Waals surface area (Å²) in [6, 6.07) is 0. The van der Waals surface area contributed by atoms with Crippen LogP contribution < -0.4 is 0 Å². The first-order valence-corrected chi connectivity index (χ1v) is 6.01. The summed E-state index contributed by atoms with van der Waals surface area (Å²) in [7, 11) is -2.90. The molecule has 3 nitrogen and oxygen atoms in total. The van der Waals surface area contributed by atoms with Gasteiger partial charge in [-0.05, 0) is 20.3 Å². The molecule has 0 radical (unpaired) electrons. The normalized spacial score (nSPS) is 12.3. The Kier molecular flexibility index (Phi) is 5.50. The van der Waals surface area contributed by atoms with Crippen LogP contribution in [-0.4, -0.2) is 32.6 Å². The first-order chi connectivity index (χ1) is 5.50. The second-order valence-corrected chi connectivity index (χ2v) is 5.70. The number of hydrogen-bond donors (Lipinski definition) is 0. The van der Waals surface area contributed by atoms with Crippen molar-refractivity contribution in [3.8, 4) is 0 Å². The highest BCUT2D eigenvalue weighted by atomic mass is 32.2. The summed E-state index contributed by atoms with van der Waals surface area (Å²) in [5.41, 5.74) is 0. The van der Waals surface area contributed by atoms with Crippen LogP contribution in [0.2, 0.25) is 0 Å². The van der Waals surface area contributed by atoms with Crippen molar-refractivity contribution in [1.82, 2.24) is 0 Å². The molecule has 0 atom stereocenters. The topological polar surface area (TPSA) is 43.4 Å². The van der Waals surface area contributed by atoms with Crippen molar-refractivity contribution in [3.05, 3.63) is 0 Å². The minimum atomic E-state index is -2.90. The van der Waals surface area contributed by atoms with Crippen molar-refractivity contribution in [2.75, 3.05) is 19.0 Å². The van der Waals surface area contributed by atoms with Crippen molar-refractivity contribution in [3.63, 3.8) is 0 Å². The number of rotatable bonds is 6. The standard InChI is InChI=1S/C8H18O3S/c1-4-5-11-6-7-12(9,10)8(2)3/h8H,4-7H2,1-3H3. The molecule has 0 unspecified atom stereocenters. The highest BCUT2D eigenvalue weighted by Gasteiger charge is 2.14. The van der Waals surface area contributed by atoms with Crippen molar-refractivity contribution in [2.24, 2.45) is 0 Å². The second kappa shape index (κ2) is 5.54. The molecule has 0 spiro atoms. The van der Waals surface area contributed by atoms with E-state index in [9.17, 15) is 8.42 Å². The Balaban J connectivity index is 3.63. The van der Waals surface area contributed by atoms with E-state index < -0.39 is 9.84 Å². The van der Waals surface area contributed by atoms with Gasteiger partial charge in [-0.15, -0.1) is 0 Å². The van der Waals surface area contributed by atoms with Crippen LogP contribution in [0, 0.1) is 0 Å². The molecule has 0 aromatic heterocycles. The molecule has 0 bridgehead atoms. The Morgan fingerprint density at radius 3 is 2.25 bits per heavy atom. The minimum absolute atomic E-state index is 0.144. The van der Waals surface area contributed by atoms with Crippen LogP contribution in [0.5, 0.6) is 0 Å². The zero-order valence-electron chi connectivity index (χ0n) is 8.04. The SMILES string of the molecule is CCCOCCS(=O)(=O)C(C)C. The van der Waals surface area contributed by atoms with Gasteiger partial charge in [-0.1, -0.05) is 6.92 Å². The Morgan fingerprint density at radius 2 is 1.83 bits per heavy atom. The zero-order valence-corrected chi connectivity index (χ0v) is 8.86. The smallest absolute Gasteiger partial charge is 0.154 e. The maximum absolute atomic E-state index is 11.2. The van der Waals surface area contributed by atoms with Gasteiger partial charge >= 0.3 is 0 Å². The number of sulfone groups is 1. The Labute approximate surface area is 75.0 Å². The molecule has 0 rings (SSSR count). The summed E-state index contributed by atoms with van der Waals surface area (Å²) < 4.78 is 27.5. The summed E-state index contributed by atoms with van der Waals surface area (Å²) in [4.78, 5) is 0. The molecule has 12 heavy (non-hydrogen) atoms. The van der Waals surface area contributed by atoms with Gasteiger partial charge in [-0.3, -0.25) is 0 Å². The lowest BCUT2D eigenvalue weighted by atomic mass is 10.5. The lowest BCUT2D eigenvalue weighted by Crippen LogP contribution is -2.21. The summed E-state index contributed by atoms with van der Waals surface area (Å²) in [5.74, 6) is 0.144. The molecule has 0 aromatic rings. The van der Waals surface area contributed by atoms with Crippen LogP contribution in [0.15, 0.2) is 0 Å². The van der Waals surface area contributed by atoms with E-state index in [0.717, 1.165) is 6.42 Å². The van der Waals surface area contributed by atoms with Crippen molar-refractivity contribution in [1.29, 1.82) is 0 Å². The van der Waals surface area contributed by atoms with E-state index in [4.69, 9.17) is 4.74 Å². The molecule has 0 amide bonds. The van der Waals surface area contributed by atoms with Crippen LogP contribution in [-0.2, 0) is 14.6 Å². The molecule has 0 aliphatic heterocycles. The second-order valence-electron chi connectivity index (χ2n) is 3.03. The fourth-order valence-corrected chi connectivity index (χ4v) is 1.48. The molecular weight excluding hydrogens is 176 g/mol. The van der Waals surface area contributed by atoms with E-state index in [1.54, 1.807) is 13.8 Å². The molecule has 0 saturated heterocycles. The van der Waals surface area contributed by atoms with E-state index in [-0.39, 0.29) is 11.0 Å². The first-order valence-electron chi connectivity index (χ1n) is 4.30. The number of hydrogen-bond acceptors (Lipinski definition) is 3. The fraction of sp³-hybridized carbons (Fsp3) is 1.00. The molecule has 0 heterocycles. The molecular formula is C8H18O3S. The van der Waals surface area contributed by atoms with Crippen LogP contribution in [0.25, 0.3) is 0 Å². The summed E-state index contributed by atoms with van der Waals surface area (Å²) in [5, 5.41) is -0.289. The lowest BCUT2D eigenvalue weighted by molar-refractivity contribution is 0.149.